The standard InChI is InChI=1S/C20H24N2O7S/c1-11-8-13(21-18(24)19(25)26)9-12(2)17(11)29-14-6-7-16(23)15(10-14)22-30(27,28)20(3,4)5/h6-10,22-23H,1-5H3,(H,21,24)(H,25,26). The van der Waals surface area contributed by atoms with E-state index in [1.54, 1.807) is 26.0 Å². The number of carbonyl (C=O) groups is 2. The Morgan fingerprint density at radius 2 is 1.60 bits per heavy atom. The van der Waals surface area contributed by atoms with Gasteiger partial charge in [0, 0.05) is 11.8 Å². The minimum atomic E-state index is -3.76. The van der Waals surface area contributed by atoms with Gasteiger partial charge in [-0.25, -0.2) is 13.2 Å². The number of aryl methyl sites for hydroxylation is 2. The van der Waals surface area contributed by atoms with Gasteiger partial charge < -0.3 is 20.3 Å². The molecule has 162 valence electrons. The maximum atomic E-state index is 12.4. The average Bonchev–Trinajstić information content (AvgIpc) is 2.59. The molecular formula is C20H24N2O7S. The topological polar surface area (TPSA) is 142 Å². The summed E-state index contributed by atoms with van der Waals surface area (Å²) in [5, 5.41) is 21.0. The smallest absolute Gasteiger partial charge is 0.394 e. The van der Waals surface area contributed by atoms with Gasteiger partial charge in [0.1, 0.15) is 17.2 Å². The van der Waals surface area contributed by atoms with Crippen molar-refractivity contribution in [2.45, 2.75) is 39.4 Å². The largest absolute Gasteiger partial charge is 0.506 e. The Labute approximate surface area is 174 Å². The molecule has 1 amide bonds. The highest BCUT2D eigenvalue weighted by atomic mass is 32.2. The number of aliphatic carboxylic acids is 1. The first kappa shape index (κ1) is 23.0. The van der Waals surface area contributed by atoms with Crippen LogP contribution >= 0.6 is 0 Å². The van der Waals surface area contributed by atoms with Crippen LogP contribution in [0.25, 0.3) is 0 Å². The lowest BCUT2D eigenvalue weighted by molar-refractivity contribution is -0.147. The summed E-state index contributed by atoms with van der Waals surface area (Å²) in [6, 6.07) is 7.24. The monoisotopic (exact) mass is 436 g/mol. The fourth-order valence-electron chi connectivity index (χ4n) is 2.44. The fourth-order valence-corrected chi connectivity index (χ4v) is 3.20. The molecule has 0 bridgehead atoms. The summed E-state index contributed by atoms with van der Waals surface area (Å²) in [4.78, 5) is 22.0. The Kier molecular flexibility index (Phi) is 6.31. The van der Waals surface area contributed by atoms with Crippen LogP contribution in [0.5, 0.6) is 17.2 Å². The lowest BCUT2D eigenvalue weighted by Crippen LogP contribution is -2.33. The van der Waals surface area contributed by atoms with E-state index in [-0.39, 0.29) is 17.2 Å². The van der Waals surface area contributed by atoms with Crippen LogP contribution in [-0.2, 0) is 19.6 Å². The highest BCUT2D eigenvalue weighted by Gasteiger charge is 2.29. The molecule has 2 rings (SSSR count). The van der Waals surface area contributed by atoms with Crippen LogP contribution in [-0.4, -0.2) is 35.3 Å². The first-order valence-electron chi connectivity index (χ1n) is 8.90. The van der Waals surface area contributed by atoms with E-state index in [1.807, 2.05) is 0 Å². The van der Waals surface area contributed by atoms with E-state index in [2.05, 4.69) is 10.0 Å². The normalized spacial score (nSPS) is 11.6. The first-order valence-corrected chi connectivity index (χ1v) is 10.4. The van der Waals surface area contributed by atoms with Crippen LogP contribution < -0.4 is 14.8 Å². The third kappa shape index (κ3) is 5.20. The van der Waals surface area contributed by atoms with Gasteiger partial charge in [0.05, 0.1) is 10.4 Å². The summed E-state index contributed by atoms with van der Waals surface area (Å²) < 4.78 is 31.9. The number of phenolic OH excluding ortho intramolecular Hbond substituents is 1. The van der Waals surface area contributed by atoms with Crippen molar-refractivity contribution in [1.29, 1.82) is 0 Å². The number of benzene rings is 2. The van der Waals surface area contributed by atoms with Crippen molar-refractivity contribution in [3.63, 3.8) is 0 Å². The predicted molar refractivity (Wildman–Crippen MR) is 113 cm³/mol. The Hall–Kier alpha value is -3.27. The molecule has 0 fully saturated rings. The zero-order chi connectivity index (χ0) is 22.9. The number of hydrogen-bond donors (Lipinski definition) is 4. The van der Waals surface area contributed by atoms with E-state index < -0.39 is 26.6 Å². The van der Waals surface area contributed by atoms with E-state index in [1.165, 1.54) is 39.0 Å². The van der Waals surface area contributed by atoms with Crippen LogP contribution in [0.15, 0.2) is 30.3 Å². The Morgan fingerprint density at radius 3 is 2.10 bits per heavy atom. The molecule has 0 unspecified atom stereocenters. The summed E-state index contributed by atoms with van der Waals surface area (Å²) in [5.41, 5.74) is 1.50. The second kappa shape index (κ2) is 8.23. The zero-order valence-electron chi connectivity index (χ0n) is 17.2. The summed E-state index contributed by atoms with van der Waals surface area (Å²) in [5.74, 6) is -2.29. The molecule has 10 heteroatoms. The maximum absolute atomic E-state index is 12.4. The molecule has 0 heterocycles. The first-order chi connectivity index (χ1) is 13.7. The Balaban J connectivity index is 2.33. The summed E-state index contributed by atoms with van der Waals surface area (Å²) in [6.07, 6.45) is 0. The van der Waals surface area contributed by atoms with Crippen LogP contribution in [0.2, 0.25) is 0 Å². The number of nitrogens with one attached hydrogen (secondary N) is 2. The van der Waals surface area contributed by atoms with Crippen LogP contribution in [0.4, 0.5) is 11.4 Å². The molecule has 0 saturated carbocycles. The number of phenols is 1. The number of anilines is 2. The third-order valence-corrected chi connectivity index (χ3v) is 6.25. The SMILES string of the molecule is Cc1cc(NC(=O)C(=O)O)cc(C)c1Oc1ccc(O)c(NS(=O)(=O)C(C)(C)C)c1. The maximum Gasteiger partial charge on any atom is 0.394 e. The Morgan fingerprint density at radius 1 is 1.03 bits per heavy atom. The van der Waals surface area contributed by atoms with Crippen molar-refractivity contribution >= 4 is 33.3 Å². The van der Waals surface area contributed by atoms with E-state index in [9.17, 15) is 23.1 Å². The molecule has 0 aliphatic heterocycles. The van der Waals surface area contributed by atoms with Crippen LogP contribution in [0, 0.1) is 13.8 Å². The molecule has 0 spiro atoms. The van der Waals surface area contributed by atoms with Gasteiger partial charge in [-0.3, -0.25) is 9.52 Å². The highest BCUT2D eigenvalue weighted by molar-refractivity contribution is 7.94. The van der Waals surface area contributed by atoms with Crippen molar-refractivity contribution in [3.05, 3.63) is 41.5 Å². The number of carboxylic acids is 1. The molecule has 0 saturated heterocycles. The summed E-state index contributed by atoms with van der Waals surface area (Å²) >= 11 is 0. The van der Waals surface area contributed by atoms with Crippen molar-refractivity contribution in [2.75, 3.05) is 10.0 Å². The van der Waals surface area contributed by atoms with Gasteiger partial charge in [0.15, 0.2) is 0 Å². The van der Waals surface area contributed by atoms with Gasteiger partial charge >= 0.3 is 11.9 Å². The number of rotatable bonds is 5. The van der Waals surface area contributed by atoms with E-state index in [4.69, 9.17) is 9.84 Å². The molecule has 0 radical (unpaired) electrons. The van der Waals surface area contributed by atoms with Crippen molar-refractivity contribution in [3.8, 4) is 17.2 Å². The van der Waals surface area contributed by atoms with Gasteiger partial charge in [-0.2, -0.15) is 0 Å². The number of hydrogen-bond acceptors (Lipinski definition) is 6. The molecule has 0 aliphatic rings. The highest BCUT2D eigenvalue weighted by Crippen LogP contribution is 2.36. The predicted octanol–water partition coefficient (Wildman–Crippen LogP) is 3.36. The second-order valence-electron chi connectivity index (χ2n) is 7.70. The van der Waals surface area contributed by atoms with Crippen LogP contribution in [0.3, 0.4) is 0 Å². The molecule has 0 aromatic heterocycles. The van der Waals surface area contributed by atoms with E-state index in [0.717, 1.165) is 0 Å². The van der Waals surface area contributed by atoms with E-state index in [0.29, 0.717) is 22.6 Å². The fraction of sp³-hybridized carbons (Fsp3) is 0.300. The number of sulfonamides is 1. The van der Waals surface area contributed by atoms with Gasteiger partial charge in [-0.15, -0.1) is 0 Å². The lowest BCUT2D eigenvalue weighted by Gasteiger charge is -2.21. The molecule has 30 heavy (non-hydrogen) atoms. The molecular weight excluding hydrogens is 412 g/mol. The summed E-state index contributed by atoms with van der Waals surface area (Å²) in [7, 11) is -3.76. The van der Waals surface area contributed by atoms with Gasteiger partial charge in [0.25, 0.3) is 0 Å². The molecule has 2 aromatic carbocycles. The summed E-state index contributed by atoms with van der Waals surface area (Å²) in [6.45, 7) is 8.02. The third-order valence-electron chi connectivity index (χ3n) is 4.15. The number of carbonyl (C=O) groups excluding carboxylic acids is 1. The van der Waals surface area contributed by atoms with Crippen molar-refractivity contribution < 1.29 is 33.0 Å². The second-order valence-corrected chi connectivity index (χ2v) is 10.1. The number of amides is 1. The lowest BCUT2D eigenvalue weighted by atomic mass is 10.1. The molecule has 0 atom stereocenters. The number of carboxylic acid groups (broad SMARTS) is 1. The minimum absolute atomic E-state index is 0.0249. The Bertz CT molecular complexity index is 1080. The molecule has 2 aromatic rings. The minimum Gasteiger partial charge on any atom is -0.506 e. The number of ether oxygens (including phenoxy) is 1. The van der Waals surface area contributed by atoms with Gasteiger partial charge in [-0.05, 0) is 70.0 Å². The van der Waals surface area contributed by atoms with Gasteiger partial charge in [-0.1, -0.05) is 0 Å². The quantitative estimate of drug-likeness (QED) is 0.416. The molecule has 0 aliphatic carbocycles. The van der Waals surface area contributed by atoms with Gasteiger partial charge in [0.2, 0.25) is 10.0 Å². The average molecular weight is 436 g/mol. The molecule has 4 N–H and O–H groups in total. The molecule has 9 nitrogen and oxygen atoms in total. The number of aromatic hydroxyl groups is 1. The zero-order valence-corrected chi connectivity index (χ0v) is 18.0. The van der Waals surface area contributed by atoms with E-state index >= 15 is 0 Å². The van der Waals surface area contributed by atoms with Crippen LogP contribution in [0.1, 0.15) is 31.9 Å². The van der Waals surface area contributed by atoms with Crippen molar-refractivity contribution in [2.24, 2.45) is 0 Å². The van der Waals surface area contributed by atoms with Crippen molar-refractivity contribution in [1.82, 2.24) is 0 Å².